The van der Waals surface area contributed by atoms with Crippen molar-refractivity contribution in [2.24, 2.45) is 0 Å². The summed E-state index contributed by atoms with van der Waals surface area (Å²) in [5.41, 5.74) is 0. The summed E-state index contributed by atoms with van der Waals surface area (Å²) in [6, 6.07) is 0. The third-order valence-electron chi connectivity index (χ3n) is 11.5. The zero-order valence-corrected chi connectivity index (χ0v) is 44.5. The molecule has 0 radical (unpaired) electrons. The van der Waals surface area contributed by atoms with Gasteiger partial charge >= 0.3 is 17.9 Å². The number of ether oxygens (including phenoxy) is 3. The van der Waals surface area contributed by atoms with Gasteiger partial charge in [-0.25, -0.2) is 0 Å². The first kappa shape index (κ1) is 64.8. The molecule has 0 aromatic rings. The molecule has 0 aliphatic rings. The fourth-order valence-electron chi connectivity index (χ4n) is 7.28. The summed E-state index contributed by atoms with van der Waals surface area (Å²) in [5.74, 6) is -1.07. The smallest absolute Gasteiger partial charge is 0.306 e. The first-order chi connectivity index (χ1) is 34.0. The lowest BCUT2D eigenvalue weighted by atomic mass is 10.0. The Kier molecular flexibility index (Phi) is 53.0. The van der Waals surface area contributed by atoms with Gasteiger partial charge in [-0.15, -0.1) is 0 Å². The van der Waals surface area contributed by atoms with E-state index in [1.165, 1.54) is 103 Å². The SMILES string of the molecule is CC/C=C\C/C=C\C/C=C\C/C=C\C/C=C\C/C=C\CCC(=O)OC[C@@H](COC(=O)CCCCCCCCCCCCCCCCC)OC(=O)CCC/C=C\C/C=C\C/C=C\C/C=C\CCCCC. The number of esters is 3. The number of hydrogen-bond donors (Lipinski definition) is 0. The van der Waals surface area contributed by atoms with Crippen LogP contribution >= 0.6 is 0 Å². The van der Waals surface area contributed by atoms with E-state index in [1.807, 2.05) is 12.2 Å². The van der Waals surface area contributed by atoms with E-state index in [0.29, 0.717) is 19.3 Å². The average molecular weight is 956 g/mol. The molecule has 0 N–H and O–H groups in total. The molecular weight excluding hydrogens is 853 g/mol. The normalized spacial score (nSPS) is 13.0. The molecule has 0 amide bonds. The Morgan fingerprint density at radius 2 is 0.609 bits per heavy atom. The fourth-order valence-corrected chi connectivity index (χ4v) is 7.28. The highest BCUT2D eigenvalue weighted by Gasteiger charge is 2.19. The van der Waals surface area contributed by atoms with Gasteiger partial charge in [-0.05, 0) is 96.3 Å². The maximum absolute atomic E-state index is 12.8. The van der Waals surface area contributed by atoms with E-state index in [9.17, 15) is 14.4 Å². The number of rotatable bonds is 49. The molecular formula is C63H102O6. The van der Waals surface area contributed by atoms with Gasteiger partial charge in [0.25, 0.3) is 0 Å². The van der Waals surface area contributed by atoms with Crippen molar-refractivity contribution in [1.82, 2.24) is 0 Å². The highest BCUT2D eigenvalue weighted by molar-refractivity contribution is 5.71. The van der Waals surface area contributed by atoms with Crippen molar-refractivity contribution in [3.63, 3.8) is 0 Å². The van der Waals surface area contributed by atoms with Gasteiger partial charge in [0.2, 0.25) is 0 Å². The number of unbranched alkanes of at least 4 members (excludes halogenated alkanes) is 18. The van der Waals surface area contributed by atoms with Crippen molar-refractivity contribution in [3.05, 3.63) is 122 Å². The largest absolute Gasteiger partial charge is 0.462 e. The molecule has 0 aliphatic carbocycles. The van der Waals surface area contributed by atoms with Crippen LogP contribution in [0.4, 0.5) is 0 Å². The number of allylic oxidation sites excluding steroid dienone is 20. The standard InChI is InChI=1S/C63H102O6/c1-4-7-10-13-16-19-22-25-28-30-31-33-35-38-41-44-47-50-53-56-62(65)68-59-60(58-67-61(64)55-52-49-46-43-40-37-34-27-24-21-18-15-12-9-6-3)69-63(66)57-54-51-48-45-42-39-36-32-29-26-23-20-17-14-11-8-5-2/h7,10,16-17,19-20,25-26,28-29,31,33,36,38-39,41,45,47-48,50,60H,4-6,8-9,11-15,18,21-24,27,30,32,34-35,37,40,42-44,46,49,51-59H2,1-3H3/b10-7-,19-16-,20-17-,28-25-,29-26-,33-31-,39-36-,41-38-,48-45-,50-47-/t60-/m1/s1. The van der Waals surface area contributed by atoms with Crippen molar-refractivity contribution in [3.8, 4) is 0 Å². The van der Waals surface area contributed by atoms with Crippen LogP contribution in [0.15, 0.2) is 122 Å². The second-order valence-corrected chi connectivity index (χ2v) is 18.1. The van der Waals surface area contributed by atoms with Crippen LogP contribution in [0, 0.1) is 0 Å². The molecule has 0 aromatic heterocycles. The Balaban J connectivity index is 4.59. The van der Waals surface area contributed by atoms with Crippen molar-refractivity contribution >= 4 is 17.9 Å². The predicted octanol–water partition coefficient (Wildman–Crippen LogP) is 18.9. The molecule has 0 fully saturated rings. The lowest BCUT2D eigenvalue weighted by Crippen LogP contribution is -2.30. The van der Waals surface area contributed by atoms with E-state index in [-0.39, 0.29) is 44.0 Å². The van der Waals surface area contributed by atoms with Gasteiger partial charge in [-0.3, -0.25) is 14.4 Å². The molecule has 390 valence electrons. The van der Waals surface area contributed by atoms with Gasteiger partial charge in [-0.1, -0.05) is 245 Å². The van der Waals surface area contributed by atoms with E-state index in [1.54, 1.807) is 0 Å². The van der Waals surface area contributed by atoms with Crippen LogP contribution in [-0.4, -0.2) is 37.2 Å². The zero-order valence-electron chi connectivity index (χ0n) is 44.5. The first-order valence-electron chi connectivity index (χ1n) is 28.0. The summed E-state index contributed by atoms with van der Waals surface area (Å²) in [6.45, 7) is 6.39. The van der Waals surface area contributed by atoms with E-state index >= 15 is 0 Å². The molecule has 0 saturated carbocycles. The Morgan fingerprint density at radius 3 is 1.01 bits per heavy atom. The lowest BCUT2D eigenvalue weighted by molar-refractivity contribution is -0.166. The zero-order chi connectivity index (χ0) is 50.0. The minimum Gasteiger partial charge on any atom is -0.462 e. The van der Waals surface area contributed by atoms with Crippen LogP contribution < -0.4 is 0 Å². The van der Waals surface area contributed by atoms with E-state index in [2.05, 4.69) is 130 Å². The summed E-state index contributed by atoms with van der Waals surface area (Å²) in [7, 11) is 0. The van der Waals surface area contributed by atoms with Crippen LogP contribution in [0.5, 0.6) is 0 Å². The Morgan fingerprint density at radius 1 is 0.304 bits per heavy atom. The third kappa shape index (κ3) is 54.6. The molecule has 0 heterocycles. The average Bonchev–Trinajstić information content (AvgIpc) is 3.35. The predicted molar refractivity (Wildman–Crippen MR) is 297 cm³/mol. The number of carbonyl (C=O) groups is 3. The Labute approximate surface area is 424 Å². The summed E-state index contributed by atoms with van der Waals surface area (Å²) >= 11 is 0. The molecule has 0 spiro atoms. The molecule has 0 unspecified atom stereocenters. The minimum absolute atomic E-state index is 0.124. The fraction of sp³-hybridized carbons (Fsp3) is 0.635. The molecule has 0 aliphatic heterocycles. The molecule has 0 saturated heterocycles. The van der Waals surface area contributed by atoms with Gasteiger partial charge in [-0.2, -0.15) is 0 Å². The Hall–Kier alpha value is -4.19. The maximum atomic E-state index is 12.8. The first-order valence-corrected chi connectivity index (χ1v) is 28.0. The molecule has 0 aromatic carbocycles. The molecule has 0 rings (SSSR count). The van der Waals surface area contributed by atoms with E-state index < -0.39 is 6.10 Å². The molecule has 6 heteroatoms. The van der Waals surface area contributed by atoms with E-state index in [4.69, 9.17) is 14.2 Å². The van der Waals surface area contributed by atoms with Crippen molar-refractivity contribution < 1.29 is 28.6 Å². The van der Waals surface area contributed by atoms with Crippen LogP contribution in [0.1, 0.15) is 239 Å². The summed E-state index contributed by atoms with van der Waals surface area (Å²) in [6.07, 6.45) is 77.7. The topological polar surface area (TPSA) is 78.9 Å². The van der Waals surface area contributed by atoms with Crippen molar-refractivity contribution in [2.45, 2.75) is 245 Å². The molecule has 6 nitrogen and oxygen atoms in total. The van der Waals surface area contributed by atoms with Gasteiger partial charge in [0.05, 0.1) is 0 Å². The second kappa shape index (κ2) is 56.4. The van der Waals surface area contributed by atoms with Gasteiger partial charge in [0, 0.05) is 19.3 Å². The van der Waals surface area contributed by atoms with E-state index in [0.717, 1.165) is 83.5 Å². The van der Waals surface area contributed by atoms with Crippen LogP contribution in [-0.2, 0) is 28.6 Å². The van der Waals surface area contributed by atoms with Gasteiger partial charge in [0.15, 0.2) is 6.10 Å². The monoisotopic (exact) mass is 955 g/mol. The Bertz CT molecular complexity index is 1470. The minimum atomic E-state index is -0.839. The number of hydrogen-bond acceptors (Lipinski definition) is 6. The summed E-state index contributed by atoms with van der Waals surface area (Å²) < 4.78 is 16.7. The third-order valence-corrected chi connectivity index (χ3v) is 11.5. The molecule has 1 atom stereocenters. The highest BCUT2D eigenvalue weighted by Crippen LogP contribution is 2.14. The van der Waals surface area contributed by atoms with Gasteiger partial charge in [0.1, 0.15) is 13.2 Å². The van der Waals surface area contributed by atoms with Crippen LogP contribution in [0.3, 0.4) is 0 Å². The maximum Gasteiger partial charge on any atom is 0.306 e. The highest BCUT2D eigenvalue weighted by atomic mass is 16.6. The van der Waals surface area contributed by atoms with Crippen LogP contribution in [0.2, 0.25) is 0 Å². The summed E-state index contributed by atoms with van der Waals surface area (Å²) in [5, 5.41) is 0. The second-order valence-electron chi connectivity index (χ2n) is 18.1. The lowest BCUT2D eigenvalue weighted by Gasteiger charge is -2.18. The summed E-state index contributed by atoms with van der Waals surface area (Å²) in [4.78, 5) is 38.1. The van der Waals surface area contributed by atoms with Crippen molar-refractivity contribution in [2.75, 3.05) is 13.2 Å². The van der Waals surface area contributed by atoms with Gasteiger partial charge < -0.3 is 14.2 Å². The quantitative estimate of drug-likeness (QED) is 0.0262. The number of carbonyl (C=O) groups excluding carboxylic acids is 3. The van der Waals surface area contributed by atoms with Crippen molar-refractivity contribution in [1.29, 1.82) is 0 Å². The molecule has 69 heavy (non-hydrogen) atoms. The molecule has 0 bridgehead atoms. The van der Waals surface area contributed by atoms with Crippen LogP contribution in [0.25, 0.3) is 0 Å².